The Morgan fingerprint density at radius 2 is 2.03 bits per heavy atom. The average molecular weight is 494 g/mol. The summed E-state index contributed by atoms with van der Waals surface area (Å²) in [5.74, 6) is 0. The molecule has 0 saturated heterocycles. The summed E-state index contributed by atoms with van der Waals surface area (Å²) in [5.41, 5.74) is 3.86. The van der Waals surface area contributed by atoms with Crippen LogP contribution in [0.5, 0.6) is 0 Å². The summed E-state index contributed by atoms with van der Waals surface area (Å²) in [6, 6.07) is -0.767. The Morgan fingerprint density at radius 1 is 1.30 bits per heavy atom. The number of amides is 2. The third-order valence-electron chi connectivity index (χ3n) is 6.15. The first-order valence-electron chi connectivity index (χ1n) is 11.0. The molecule has 1 unspecified atom stereocenters. The van der Waals surface area contributed by atoms with Crippen LogP contribution in [0.3, 0.4) is 0 Å². The number of fused-ring (bicyclic) bond motifs is 2. The lowest BCUT2D eigenvalue weighted by molar-refractivity contribution is 0.0776. The summed E-state index contributed by atoms with van der Waals surface area (Å²) in [4.78, 5) is 22.2. The summed E-state index contributed by atoms with van der Waals surface area (Å²) in [6.45, 7) is 7.50. The lowest BCUT2D eigenvalue weighted by Gasteiger charge is -2.20. The summed E-state index contributed by atoms with van der Waals surface area (Å²) in [7, 11) is -2.14. The van der Waals surface area contributed by atoms with Gasteiger partial charge in [-0.15, -0.1) is 15.7 Å². The first-order valence-corrected chi connectivity index (χ1v) is 13.4. The number of rotatable bonds is 5. The van der Waals surface area contributed by atoms with Crippen molar-refractivity contribution in [3.05, 3.63) is 33.2 Å². The highest BCUT2D eigenvalue weighted by atomic mass is 32.2. The molecule has 9 nitrogen and oxygen atoms in total. The second-order valence-corrected chi connectivity index (χ2v) is 12.8. The molecule has 0 bridgehead atoms. The molecule has 2 heterocycles. The first-order chi connectivity index (χ1) is 15.3. The first kappa shape index (κ1) is 24.2. The number of urea groups is 1. The maximum Gasteiger partial charge on any atom is 0.354 e. The Balaban J connectivity index is 1.72. The van der Waals surface area contributed by atoms with Gasteiger partial charge in [0, 0.05) is 18.2 Å². The highest BCUT2D eigenvalue weighted by Crippen LogP contribution is 2.44. The number of aryl methyl sites for hydroxylation is 1. The van der Waals surface area contributed by atoms with Crippen molar-refractivity contribution in [3.8, 4) is 0 Å². The van der Waals surface area contributed by atoms with Crippen LogP contribution in [-0.2, 0) is 51.5 Å². The van der Waals surface area contributed by atoms with Gasteiger partial charge in [0.15, 0.2) is 9.92 Å². The molecule has 0 fully saturated rings. The number of pyridine rings is 1. The van der Waals surface area contributed by atoms with Crippen molar-refractivity contribution in [2.45, 2.75) is 81.6 Å². The molecule has 1 atom stereocenters. The van der Waals surface area contributed by atoms with Gasteiger partial charge in [0.05, 0.1) is 23.7 Å². The van der Waals surface area contributed by atoms with E-state index in [-0.39, 0.29) is 16.2 Å². The number of aromatic nitrogens is 2. The average Bonchev–Trinajstić information content (AvgIpc) is 3.39. The van der Waals surface area contributed by atoms with Crippen LogP contribution < -0.4 is 10.5 Å². The minimum Gasteiger partial charge on any atom is -0.383 e. The molecule has 0 aromatic carbocycles. The highest BCUT2D eigenvalue weighted by Gasteiger charge is 2.36. The van der Waals surface area contributed by atoms with Gasteiger partial charge in [0.1, 0.15) is 14.8 Å². The van der Waals surface area contributed by atoms with Crippen LogP contribution >= 0.6 is 11.3 Å². The van der Waals surface area contributed by atoms with Crippen LogP contribution in [0.25, 0.3) is 0 Å². The highest BCUT2D eigenvalue weighted by molar-refractivity contribution is 7.93. The molecule has 0 spiro atoms. The van der Waals surface area contributed by atoms with Gasteiger partial charge in [0.25, 0.3) is 0 Å². The molecule has 4 N–H and O–H groups in total. The zero-order valence-corrected chi connectivity index (χ0v) is 21.3. The Kier molecular flexibility index (Phi) is 6.15. The molecule has 2 aliphatic carbocycles. The van der Waals surface area contributed by atoms with E-state index >= 15 is 0 Å². The summed E-state index contributed by atoms with van der Waals surface area (Å²) in [6.07, 6.45) is 4.48. The largest absolute Gasteiger partial charge is 0.383 e. The normalized spacial score (nSPS) is 18.5. The molecule has 0 radical (unpaired) electrons. The minimum atomic E-state index is -3.61. The maximum absolute atomic E-state index is 13.4. The monoisotopic (exact) mass is 493 g/mol. The number of thiazole rings is 1. The standard InChI is InChI=1S/C22H31N5O4S2/c1-21(2)10-9-13-16(12-7-6-8-14(12)24-17(13)21)26-20(28)27-33(23,30)18-15(11-31-5)25-19(32-18)22(3,4)29/h29H,6-11H2,1-5H3,(H3,23,24,26,27,28,30). The van der Waals surface area contributed by atoms with E-state index in [0.717, 1.165) is 71.6 Å². The molecule has 2 aromatic heterocycles. The molecule has 4 rings (SSSR count). The van der Waals surface area contributed by atoms with Crippen LogP contribution in [0.2, 0.25) is 0 Å². The molecule has 33 heavy (non-hydrogen) atoms. The molecule has 11 heteroatoms. The molecular weight excluding hydrogens is 462 g/mol. The predicted octanol–water partition coefficient (Wildman–Crippen LogP) is 3.56. The topological polar surface area (TPSA) is 140 Å². The number of aliphatic hydroxyl groups is 1. The number of nitrogens with zero attached hydrogens (tertiary/aromatic N) is 3. The Labute approximate surface area is 198 Å². The van der Waals surface area contributed by atoms with Crippen molar-refractivity contribution in [1.82, 2.24) is 9.97 Å². The van der Waals surface area contributed by atoms with Crippen molar-refractivity contribution in [2.24, 2.45) is 9.50 Å². The molecule has 2 aliphatic rings. The van der Waals surface area contributed by atoms with E-state index in [1.807, 2.05) is 0 Å². The number of carbonyl (C=O) groups is 1. The maximum atomic E-state index is 13.4. The van der Waals surface area contributed by atoms with E-state index in [9.17, 15) is 14.1 Å². The van der Waals surface area contributed by atoms with Crippen molar-refractivity contribution in [3.63, 3.8) is 0 Å². The Morgan fingerprint density at radius 3 is 2.70 bits per heavy atom. The van der Waals surface area contributed by atoms with Crippen LogP contribution in [-0.4, -0.2) is 32.4 Å². The summed E-state index contributed by atoms with van der Waals surface area (Å²) < 4.78 is 22.5. The van der Waals surface area contributed by atoms with Crippen molar-refractivity contribution in [1.29, 1.82) is 0 Å². The minimum absolute atomic E-state index is 0.0354. The fourth-order valence-corrected chi connectivity index (χ4v) is 6.93. The van der Waals surface area contributed by atoms with Crippen molar-refractivity contribution < 1.29 is 18.8 Å². The molecule has 0 saturated carbocycles. The van der Waals surface area contributed by atoms with Crippen molar-refractivity contribution >= 4 is 33.0 Å². The van der Waals surface area contributed by atoms with E-state index in [1.165, 1.54) is 7.11 Å². The number of carbonyl (C=O) groups excluding carboxylic acids is 1. The van der Waals surface area contributed by atoms with E-state index < -0.39 is 21.5 Å². The van der Waals surface area contributed by atoms with Gasteiger partial charge in [-0.25, -0.2) is 19.1 Å². The number of nitrogens with two attached hydrogens (primary N) is 1. The number of hydrogen-bond acceptors (Lipinski definition) is 7. The van der Waals surface area contributed by atoms with Gasteiger partial charge in [-0.1, -0.05) is 13.8 Å². The second-order valence-electron chi connectivity index (χ2n) is 9.81. The predicted molar refractivity (Wildman–Crippen MR) is 128 cm³/mol. The number of hydrogen-bond donors (Lipinski definition) is 3. The molecular formula is C22H31N5O4S2. The fraction of sp³-hybridized carbons (Fsp3) is 0.591. The van der Waals surface area contributed by atoms with Crippen LogP contribution in [0.4, 0.5) is 10.5 Å². The van der Waals surface area contributed by atoms with Gasteiger partial charge in [0.2, 0.25) is 0 Å². The van der Waals surface area contributed by atoms with E-state index in [1.54, 1.807) is 13.8 Å². The van der Waals surface area contributed by atoms with Crippen LogP contribution in [0, 0.1) is 0 Å². The fourth-order valence-electron chi connectivity index (χ4n) is 4.48. The Hall–Kier alpha value is -1.92. The van der Waals surface area contributed by atoms with Crippen molar-refractivity contribution in [2.75, 3.05) is 12.4 Å². The molecule has 2 amide bonds. The van der Waals surface area contributed by atoms with Gasteiger partial charge in [-0.2, -0.15) is 0 Å². The third-order valence-corrected chi connectivity index (χ3v) is 9.52. The van der Waals surface area contributed by atoms with Gasteiger partial charge in [-0.05, 0) is 57.1 Å². The zero-order valence-electron chi connectivity index (χ0n) is 19.7. The zero-order chi connectivity index (χ0) is 24.2. The van der Waals surface area contributed by atoms with Gasteiger partial charge >= 0.3 is 6.03 Å². The smallest absolute Gasteiger partial charge is 0.354 e. The number of ether oxygens (including phenoxy) is 1. The van der Waals surface area contributed by atoms with Crippen LogP contribution in [0.1, 0.15) is 73.8 Å². The lowest BCUT2D eigenvalue weighted by Crippen LogP contribution is -2.20. The number of methoxy groups -OCH3 is 1. The lowest BCUT2D eigenvalue weighted by atomic mass is 9.90. The van der Waals surface area contributed by atoms with Crippen LogP contribution in [0.15, 0.2) is 8.57 Å². The van der Waals surface area contributed by atoms with E-state index in [0.29, 0.717) is 10.7 Å². The van der Waals surface area contributed by atoms with E-state index in [4.69, 9.17) is 14.9 Å². The molecule has 0 aliphatic heterocycles. The summed E-state index contributed by atoms with van der Waals surface area (Å²) in [5, 5.41) is 19.6. The molecule has 180 valence electrons. The second kappa shape index (κ2) is 8.38. The molecule has 2 aromatic rings. The van der Waals surface area contributed by atoms with E-state index in [2.05, 4.69) is 28.5 Å². The SMILES string of the molecule is COCc1nc(C(C)(C)O)sc1S(N)(=O)=NC(=O)Nc1c2c(nc3c1CCC3(C)C)CCC2. The van der Waals surface area contributed by atoms with Gasteiger partial charge < -0.3 is 15.2 Å². The summed E-state index contributed by atoms with van der Waals surface area (Å²) >= 11 is 0.976. The van der Waals surface area contributed by atoms with Gasteiger partial charge in [-0.3, -0.25) is 4.98 Å². The Bertz CT molecular complexity index is 1240. The number of anilines is 1. The number of nitrogens with one attached hydrogen (secondary N) is 1. The third kappa shape index (κ3) is 4.57. The quantitative estimate of drug-likeness (QED) is 0.582.